The molecule has 3 aromatic carbocycles. The van der Waals surface area contributed by atoms with Gasteiger partial charge in [0.25, 0.3) is 0 Å². The zero-order valence-corrected chi connectivity index (χ0v) is 15.0. The van der Waals surface area contributed by atoms with E-state index in [1.54, 1.807) is 0 Å². The summed E-state index contributed by atoms with van der Waals surface area (Å²) in [5.41, 5.74) is 5.02. The predicted molar refractivity (Wildman–Crippen MR) is 109 cm³/mol. The summed E-state index contributed by atoms with van der Waals surface area (Å²) >= 11 is 0. The number of rotatable bonds is 3. The van der Waals surface area contributed by atoms with Gasteiger partial charge in [-0.2, -0.15) is 0 Å². The highest BCUT2D eigenvalue weighted by Gasteiger charge is 2.21. The quantitative estimate of drug-likeness (QED) is 0.463. The number of nitrogens with zero attached hydrogens (tertiary/aromatic N) is 1. The van der Waals surface area contributed by atoms with Gasteiger partial charge >= 0.3 is 0 Å². The Morgan fingerprint density at radius 1 is 0.731 bits per heavy atom. The molecule has 0 unspecified atom stereocenters. The van der Waals surface area contributed by atoms with Crippen LogP contribution in [0.25, 0.3) is 27.8 Å². The maximum atomic E-state index is 13.3. The van der Waals surface area contributed by atoms with Crippen LogP contribution in [0.1, 0.15) is 25.3 Å². The fourth-order valence-corrected chi connectivity index (χ4v) is 3.62. The van der Waals surface area contributed by atoms with E-state index in [1.807, 2.05) is 60.7 Å². The highest BCUT2D eigenvalue weighted by atomic mass is 16.1. The van der Waals surface area contributed by atoms with Gasteiger partial charge in [-0.3, -0.25) is 4.79 Å². The zero-order chi connectivity index (χ0) is 18.1. The molecule has 128 valence electrons. The Morgan fingerprint density at radius 3 is 1.96 bits per heavy atom. The first-order valence-electron chi connectivity index (χ1n) is 8.97. The third-order valence-electron chi connectivity index (χ3n) is 4.75. The van der Waals surface area contributed by atoms with E-state index < -0.39 is 0 Å². The highest BCUT2D eigenvalue weighted by molar-refractivity contribution is 5.86. The molecule has 0 spiro atoms. The summed E-state index contributed by atoms with van der Waals surface area (Å²) < 4.78 is 2.22. The normalized spacial score (nSPS) is 11.2. The highest BCUT2D eigenvalue weighted by Crippen LogP contribution is 2.32. The van der Waals surface area contributed by atoms with E-state index in [0.29, 0.717) is 0 Å². The van der Waals surface area contributed by atoms with Crippen molar-refractivity contribution in [3.63, 3.8) is 0 Å². The van der Waals surface area contributed by atoms with Crippen LogP contribution in [0.3, 0.4) is 0 Å². The van der Waals surface area contributed by atoms with Crippen LogP contribution in [0.2, 0.25) is 0 Å². The van der Waals surface area contributed by atoms with Gasteiger partial charge in [-0.1, -0.05) is 74.5 Å². The lowest BCUT2D eigenvalue weighted by Crippen LogP contribution is -2.19. The maximum absolute atomic E-state index is 13.3. The topological polar surface area (TPSA) is 22.0 Å². The number of benzene rings is 3. The van der Waals surface area contributed by atoms with Crippen LogP contribution in [0, 0.1) is 0 Å². The number of pyridine rings is 1. The van der Waals surface area contributed by atoms with Gasteiger partial charge in [-0.25, -0.2) is 0 Å². The van der Waals surface area contributed by atoms with E-state index in [9.17, 15) is 4.79 Å². The van der Waals surface area contributed by atoms with Gasteiger partial charge in [0.05, 0.1) is 11.2 Å². The van der Waals surface area contributed by atoms with Crippen LogP contribution in [-0.2, 0) is 0 Å². The molecule has 0 amide bonds. The van der Waals surface area contributed by atoms with Crippen LogP contribution in [0.15, 0.2) is 89.7 Å². The predicted octanol–water partition coefficient (Wildman–Crippen LogP) is 5.78. The molecule has 4 aromatic rings. The summed E-state index contributed by atoms with van der Waals surface area (Å²) in [7, 11) is 0. The van der Waals surface area contributed by atoms with Gasteiger partial charge in [0.1, 0.15) is 0 Å². The summed E-state index contributed by atoms with van der Waals surface area (Å²) in [5.74, 6) is 0.122. The summed E-state index contributed by atoms with van der Waals surface area (Å²) in [6.45, 7) is 4.18. The standard InChI is InChI=1S/C24H21NO/c1-17(2)22-23(18-11-5-3-6-12-18)25(19-13-7-4-8-14-19)21-16-10-9-15-20(21)24(22)26/h3-17H,1-2H3. The Labute approximate surface area is 153 Å². The van der Waals surface area contributed by atoms with Crippen molar-refractivity contribution >= 4 is 10.9 Å². The van der Waals surface area contributed by atoms with E-state index >= 15 is 0 Å². The van der Waals surface area contributed by atoms with Crippen molar-refractivity contribution in [3.05, 3.63) is 101 Å². The molecule has 0 aliphatic rings. The van der Waals surface area contributed by atoms with Crippen LogP contribution in [0.5, 0.6) is 0 Å². The second kappa shape index (κ2) is 6.64. The van der Waals surface area contributed by atoms with Gasteiger partial charge in [0.15, 0.2) is 5.43 Å². The monoisotopic (exact) mass is 339 g/mol. The minimum Gasteiger partial charge on any atom is -0.309 e. The van der Waals surface area contributed by atoms with Crippen LogP contribution in [0.4, 0.5) is 0 Å². The van der Waals surface area contributed by atoms with E-state index in [2.05, 4.69) is 42.7 Å². The molecular weight excluding hydrogens is 318 g/mol. The second-order valence-corrected chi connectivity index (χ2v) is 6.80. The van der Waals surface area contributed by atoms with Crippen LogP contribution < -0.4 is 5.43 Å². The third-order valence-corrected chi connectivity index (χ3v) is 4.75. The van der Waals surface area contributed by atoms with Crippen molar-refractivity contribution in [2.75, 3.05) is 0 Å². The largest absolute Gasteiger partial charge is 0.309 e. The number of aromatic nitrogens is 1. The Kier molecular flexibility index (Phi) is 4.18. The molecule has 0 fully saturated rings. The molecule has 1 aromatic heterocycles. The van der Waals surface area contributed by atoms with Gasteiger partial charge in [0, 0.05) is 16.6 Å². The van der Waals surface area contributed by atoms with Gasteiger partial charge in [0.2, 0.25) is 0 Å². The minimum absolute atomic E-state index is 0.122. The number of hydrogen-bond donors (Lipinski definition) is 0. The van der Waals surface area contributed by atoms with Crippen molar-refractivity contribution in [3.8, 4) is 16.9 Å². The Balaban J connectivity index is 2.26. The lowest BCUT2D eigenvalue weighted by molar-refractivity contribution is 0.847. The van der Waals surface area contributed by atoms with E-state index in [4.69, 9.17) is 0 Å². The van der Waals surface area contributed by atoms with Crippen molar-refractivity contribution in [1.29, 1.82) is 0 Å². The summed E-state index contributed by atoms with van der Waals surface area (Å²) in [6, 6.07) is 28.4. The van der Waals surface area contributed by atoms with E-state index in [0.717, 1.165) is 33.4 Å². The smallest absolute Gasteiger partial charge is 0.193 e. The molecule has 26 heavy (non-hydrogen) atoms. The van der Waals surface area contributed by atoms with E-state index in [1.165, 1.54) is 0 Å². The molecule has 0 saturated carbocycles. The number of fused-ring (bicyclic) bond motifs is 1. The van der Waals surface area contributed by atoms with Gasteiger partial charge in [-0.05, 0) is 35.7 Å². The van der Waals surface area contributed by atoms with Crippen molar-refractivity contribution in [2.24, 2.45) is 0 Å². The number of hydrogen-bond acceptors (Lipinski definition) is 1. The zero-order valence-electron chi connectivity index (χ0n) is 15.0. The molecule has 0 saturated heterocycles. The first-order valence-corrected chi connectivity index (χ1v) is 8.97. The molecule has 1 heterocycles. The Morgan fingerprint density at radius 2 is 1.31 bits per heavy atom. The molecule has 0 aliphatic heterocycles. The fraction of sp³-hybridized carbons (Fsp3) is 0.125. The number of para-hydroxylation sites is 2. The molecule has 0 bridgehead atoms. The fourth-order valence-electron chi connectivity index (χ4n) is 3.62. The molecule has 2 heteroatoms. The minimum atomic E-state index is 0.122. The molecule has 4 rings (SSSR count). The second-order valence-electron chi connectivity index (χ2n) is 6.80. The Hall–Kier alpha value is -3.13. The van der Waals surface area contributed by atoms with Crippen molar-refractivity contribution in [2.45, 2.75) is 19.8 Å². The van der Waals surface area contributed by atoms with Crippen LogP contribution in [-0.4, -0.2) is 4.57 Å². The lowest BCUT2D eigenvalue weighted by Gasteiger charge is -2.22. The third kappa shape index (κ3) is 2.64. The molecule has 0 N–H and O–H groups in total. The van der Waals surface area contributed by atoms with Crippen molar-refractivity contribution in [1.82, 2.24) is 4.57 Å². The summed E-state index contributed by atoms with van der Waals surface area (Å²) in [6.07, 6.45) is 0. The summed E-state index contributed by atoms with van der Waals surface area (Å²) in [4.78, 5) is 13.3. The summed E-state index contributed by atoms with van der Waals surface area (Å²) in [5, 5.41) is 0.764. The molecule has 0 aliphatic carbocycles. The molecule has 0 radical (unpaired) electrons. The van der Waals surface area contributed by atoms with E-state index in [-0.39, 0.29) is 11.3 Å². The average molecular weight is 339 g/mol. The SMILES string of the molecule is CC(C)c1c(-c2ccccc2)n(-c2ccccc2)c2ccccc2c1=O. The van der Waals surface area contributed by atoms with Gasteiger partial charge < -0.3 is 4.57 Å². The average Bonchev–Trinajstić information content (AvgIpc) is 2.69. The first kappa shape index (κ1) is 16.3. The maximum Gasteiger partial charge on any atom is 0.193 e. The first-order chi connectivity index (χ1) is 12.7. The molecule has 2 nitrogen and oxygen atoms in total. The van der Waals surface area contributed by atoms with Crippen LogP contribution >= 0.6 is 0 Å². The molecular formula is C24H21NO. The Bertz CT molecular complexity index is 1110. The molecule has 0 atom stereocenters. The van der Waals surface area contributed by atoms with Gasteiger partial charge in [-0.15, -0.1) is 0 Å². The van der Waals surface area contributed by atoms with Crippen molar-refractivity contribution < 1.29 is 0 Å². The lowest BCUT2D eigenvalue weighted by atomic mass is 9.93.